The standard InChI is InChI=1S/C29H33ClN6/c30-24-3-6-27-28(9-14-33-29(27)19-24)34-15-18-35-16-10-26(11-17-35)36(21-23-7-12-32-13-8-23)20-22-1-4-25(31)5-2-22/h1-9,12-14,19,26H,10-11,15-18,20-21,31H2,(H,33,34). The lowest BCUT2D eigenvalue weighted by molar-refractivity contribution is 0.0984. The number of likely N-dealkylation sites (tertiary alicyclic amines) is 1. The van der Waals surface area contributed by atoms with Crippen molar-refractivity contribution in [2.75, 3.05) is 37.2 Å². The van der Waals surface area contributed by atoms with Gasteiger partial charge in [-0.3, -0.25) is 14.9 Å². The second-order valence-corrected chi connectivity index (χ2v) is 9.96. The number of aromatic nitrogens is 2. The first-order chi connectivity index (χ1) is 17.6. The Hall–Kier alpha value is -3.19. The van der Waals surface area contributed by atoms with E-state index >= 15 is 0 Å². The van der Waals surface area contributed by atoms with Crippen molar-refractivity contribution in [1.82, 2.24) is 19.8 Å². The molecule has 5 rings (SSSR count). The molecule has 1 fully saturated rings. The van der Waals surface area contributed by atoms with Crippen LogP contribution in [0.4, 0.5) is 11.4 Å². The Bertz CT molecular complexity index is 1260. The Morgan fingerprint density at radius 1 is 0.917 bits per heavy atom. The number of nitrogens with two attached hydrogens (primary N) is 1. The Kier molecular flexibility index (Phi) is 7.96. The van der Waals surface area contributed by atoms with Crippen LogP contribution in [0.15, 0.2) is 79.3 Å². The molecule has 0 radical (unpaired) electrons. The number of halogens is 1. The summed E-state index contributed by atoms with van der Waals surface area (Å²) in [5, 5.41) is 5.43. The fourth-order valence-electron chi connectivity index (χ4n) is 5.03. The highest BCUT2D eigenvalue weighted by Gasteiger charge is 2.25. The summed E-state index contributed by atoms with van der Waals surface area (Å²) < 4.78 is 0. The van der Waals surface area contributed by atoms with Crippen LogP contribution in [0.25, 0.3) is 10.9 Å². The number of anilines is 2. The average molecular weight is 501 g/mol. The quantitative estimate of drug-likeness (QED) is 0.298. The molecule has 3 heterocycles. The zero-order valence-electron chi connectivity index (χ0n) is 20.5. The van der Waals surface area contributed by atoms with E-state index in [1.54, 1.807) is 0 Å². The summed E-state index contributed by atoms with van der Waals surface area (Å²) in [6, 6.07) is 21.0. The number of nitrogen functional groups attached to an aromatic ring is 1. The third-order valence-electron chi connectivity index (χ3n) is 7.02. The predicted octanol–water partition coefficient (Wildman–Crippen LogP) is 5.44. The minimum absolute atomic E-state index is 0.550. The molecule has 6 nitrogen and oxygen atoms in total. The van der Waals surface area contributed by atoms with Crippen molar-refractivity contribution < 1.29 is 0 Å². The zero-order chi connectivity index (χ0) is 24.7. The van der Waals surface area contributed by atoms with E-state index in [4.69, 9.17) is 17.3 Å². The highest BCUT2D eigenvalue weighted by molar-refractivity contribution is 6.31. The first kappa shape index (κ1) is 24.5. The highest BCUT2D eigenvalue weighted by Crippen LogP contribution is 2.25. The minimum Gasteiger partial charge on any atom is -0.399 e. The van der Waals surface area contributed by atoms with E-state index in [2.05, 4.69) is 49.4 Å². The summed E-state index contributed by atoms with van der Waals surface area (Å²) in [5.41, 5.74) is 11.4. The van der Waals surface area contributed by atoms with Crippen LogP contribution in [0.3, 0.4) is 0 Å². The SMILES string of the molecule is Nc1ccc(CN(Cc2ccncc2)C2CCN(CCNc3ccnc4cc(Cl)ccc34)CC2)cc1. The summed E-state index contributed by atoms with van der Waals surface area (Å²) >= 11 is 6.13. The van der Waals surface area contributed by atoms with E-state index in [0.717, 1.165) is 74.4 Å². The van der Waals surface area contributed by atoms with Gasteiger partial charge in [-0.15, -0.1) is 0 Å². The molecule has 186 valence electrons. The average Bonchev–Trinajstić information content (AvgIpc) is 2.90. The van der Waals surface area contributed by atoms with Crippen molar-refractivity contribution in [3.8, 4) is 0 Å². The Morgan fingerprint density at radius 2 is 1.64 bits per heavy atom. The number of pyridine rings is 2. The predicted molar refractivity (Wildman–Crippen MR) is 149 cm³/mol. The lowest BCUT2D eigenvalue weighted by Gasteiger charge is -2.39. The summed E-state index contributed by atoms with van der Waals surface area (Å²) in [6.45, 7) is 5.98. The van der Waals surface area contributed by atoms with Gasteiger partial charge in [0, 0.05) is 72.6 Å². The molecule has 0 spiro atoms. The molecule has 0 unspecified atom stereocenters. The van der Waals surface area contributed by atoms with Gasteiger partial charge in [-0.25, -0.2) is 0 Å². The van der Waals surface area contributed by atoms with Gasteiger partial charge in [0.15, 0.2) is 0 Å². The molecule has 0 atom stereocenters. The number of piperidine rings is 1. The molecule has 7 heteroatoms. The second-order valence-electron chi connectivity index (χ2n) is 9.52. The number of hydrogen-bond acceptors (Lipinski definition) is 6. The van der Waals surface area contributed by atoms with Crippen molar-refractivity contribution in [2.24, 2.45) is 0 Å². The molecule has 0 amide bonds. The van der Waals surface area contributed by atoms with E-state index < -0.39 is 0 Å². The molecule has 0 aliphatic carbocycles. The molecule has 1 saturated heterocycles. The van der Waals surface area contributed by atoms with Crippen molar-refractivity contribution in [2.45, 2.75) is 32.0 Å². The van der Waals surface area contributed by atoms with Gasteiger partial charge < -0.3 is 16.0 Å². The van der Waals surface area contributed by atoms with Gasteiger partial charge in [-0.1, -0.05) is 23.7 Å². The Labute approximate surface area is 218 Å². The summed E-state index contributed by atoms with van der Waals surface area (Å²) in [5.74, 6) is 0. The van der Waals surface area contributed by atoms with E-state index in [9.17, 15) is 0 Å². The third-order valence-corrected chi connectivity index (χ3v) is 7.26. The maximum Gasteiger partial charge on any atom is 0.0737 e. The summed E-state index contributed by atoms with van der Waals surface area (Å²) in [6.07, 6.45) is 7.93. The van der Waals surface area contributed by atoms with E-state index in [1.807, 2.05) is 55.0 Å². The van der Waals surface area contributed by atoms with Crippen LogP contribution in [0.5, 0.6) is 0 Å². The fourth-order valence-corrected chi connectivity index (χ4v) is 5.19. The van der Waals surface area contributed by atoms with Crippen LogP contribution in [-0.2, 0) is 13.1 Å². The molecule has 0 bridgehead atoms. The second kappa shape index (κ2) is 11.7. The summed E-state index contributed by atoms with van der Waals surface area (Å²) in [4.78, 5) is 13.8. The van der Waals surface area contributed by atoms with Crippen LogP contribution in [0.2, 0.25) is 5.02 Å². The van der Waals surface area contributed by atoms with Crippen LogP contribution < -0.4 is 11.1 Å². The van der Waals surface area contributed by atoms with Crippen LogP contribution in [-0.4, -0.2) is 52.0 Å². The molecule has 36 heavy (non-hydrogen) atoms. The van der Waals surface area contributed by atoms with Gasteiger partial charge in [0.05, 0.1) is 5.52 Å². The lowest BCUT2D eigenvalue weighted by Crippen LogP contribution is -2.45. The number of hydrogen-bond donors (Lipinski definition) is 2. The van der Waals surface area contributed by atoms with Gasteiger partial charge in [0.1, 0.15) is 0 Å². The minimum atomic E-state index is 0.550. The lowest BCUT2D eigenvalue weighted by atomic mass is 10.0. The highest BCUT2D eigenvalue weighted by atomic mass is 35.5. The van der Waals surface area contributed by atoms with Crippen molar-refractivity contribution in [3.05, 3.63) is 95.4 Å². The molecule has 4 aromatic rings. The molecule has 3 N–H and O–H groups in total. The van der Waals surface area contributed by atoms with E-state index in [1.165, 1.54) is 11.1 Å². The molecule has 0 saturated carbocycles. The van der Waals surface area contributed by atoms with Crippen LogP contribution in [0.1, 0.15) is 24.0 Å². The molecule has 1 aliphatic rings. The first-order valence-electron chi connectivity index (χ1n) is 12.6. The van der Waals surface area contributed by atoms with Gasteiger partial charge >= 0.3 is 0 Å². The number of benzene rings is 2. The van der Waals surface area contributed by atoms with Gasteiger partial charge in [-0.2, -0.15) is 0 Å². The molecule has 2 aromatic heterocycles. The number of rotatable bonds is 9. The third kappa shape index (κ3) is 6.32. The zero-order valence-corrected chi connectivity index (χ0v) is 21.2. The summed E-state index contributed by atoms with van der Waals surface area (Å²) in [7, 11) is 0. The smallest absolute Gasteiger partial charge is 0.0737 e. The van der Waals surface area contributed by atoms with Crippen molar-refractivity contribution in [1.29, 1.82) is 0 Å². The van der Waals surface area contributed by atoms with Crippen molar-refractivity contribution in [3.63, 3.8) is 0 Å². The largest absolute Gasteiger partial charge is 0.399 e. The van der Waals surface area contributed by atoms with Gasteiger partial charge in [0.2, 0.25) is 0 Å². The maximum atomic E-state index is 6.13. The first-order valence-corrected chi connectivity index (χ1v) is 13.0. The Balaban J connectivity index is 1.16. The van der Waals surface area contributed by atoms with E-state index in [0.29, 0.717) is 11.1 Å². The molecular weight excluding hydrogens is 468 g/mol. The van der Waals surface area contributed by atoms with Crippen LogP contribution >= 0.6 is 11.6 Å². The molecular formula is C29H33ClN6. The fraction of sp³-hybridized carbons (Fsp3) is 0.310. The van der Waals surface area contributed by atoms with Crippen molar-refractivity contribution >= 4 is 33.9 Å². The number of nitrogens with zero attached hydrogens (tertiary/aromatic N) is 4. The molecule has 1 aliphatic heterocycles. The normalized spacial score (nSPS) is 14.9. The van der Waals surface area contributed by atoms with Gasteiger partial charge in [0.25, 0.3) is 0 Å². The topological polar surface area (TPSA) is 70.3 Å². The maximum absolute atomic E-state index is 6.13. The molecule has 2 aromatic carbocycles. The van der Waals surface area contributed by atoms with Gasteiger partial charge in [-0.05, 0) is 85.6 Å². The van der Waals surface area contributed by atoms with Crippen LogP contribution in [0, 0.1) is 0 Å². The van der Waals surface area contributed by atoms with E-state index in [-0.39, 0.29) is 0 Å². The Morgan fingerprint density at radius 3 is 2.39 bits per heavy atom. The monoisotopic (exact) mass is 500 g/mol. The number of nitrogens with one attached hydrogen (secondary N) is 1. The number of fused-ring (bicyclic) bond motifs is 1.